The highest BCUT2D eigenvalue weighted by Gasteiger charge is 1.89. The van der Waals surface area contributed by atoms with Gasteiger partial charge in [0.05, 0.1) is 0 Å². The average molecular weight is 153 g/mol. The fraction of sp³-hybridized carbons (Fsp3) is 0.875. The molecule has 0 aliphatic carbocycles. The second kappa shape index (κ2) is 8.71. The van der Waals surface area contributed by atoms with Gasteiger partial charge in [-0.15, -0.1) is 0 Å². The zero-order chi connectivity index (χ0) is 7.66. The van der Waals surface area contributed by atoms with E-state index in [2.05, 4.69) is 12.6 Å². The van der Waals surface area contributed by atoms with Crippen LogP contribution < -0.4 is 0 Å². The Labute approximate surface area is 66.3 Å². The van der Waals surface area contributed by atoms with Gasteiger partial charge in [0.25, 0.3) is 0 Å². The van der Waals surface area contributed by atoms with Crippen LogP contribution in [0.3, 0.4) is 0 Å². The van der Waals surface area contributed by atoms with Gasteiger partial charge in [0.15, 0.2) is 9.52 Å². The van der Waals surface area contributed by atoms with E-state index in [1.54, 1.807) is 0 Å². The minimum Gasteiger partial charge on any atom is -0.207 e. The van der Waals surface area contributed by atoms with E-state index in [1.807, 2.05) is 0 Å². The third kappa shape index (κ3) is 7.71. The summed E-state index contributed by atoms with van der Waals surface area (Å²) in [5.41, 5.74) is 2.19. The van der Waals surface area contributed by atoms with Crippen LogP contribution in [0.4, 0.5) is 0 Å². The summed E-state index contributed by atoms with van der Waals surface area (Å²) in [5.74, 6) is 0. The highest BCUT2D eigenvalue weighted by Crippen LogP contribution is 2.04. The topological polar surface area (TPSA) is 23.8 Å². The van der Waals surface area contributed by atoms with Crippen LogP contribution in [0.5, 0.6) is 0 Å². The van der Waals surface area contributed by atoms with Gasteiger partial charge in [-0.05, 0) is 6.04 Å². The standard InChI is InChI=1S/C8H15NSi/c1-2-3-4-5-6-7-10-8-9/h2-7H2,1H3. The maximum Gasteiger partial charge on any atom is 0.187 e. The van der Waals surface area contributed by atoms with Crippen molar-refractivity contribution in [2.75, 3.05) is 0 Å². The summed E-state index contributed by atoms with van der Waals surface area (Å²) in [6, 6.07) is 1.13. The molecule has 1 nitrogen and oxygen atoms in total. The van der Waals surface area contributed by atoms with Crippen LogP contribution in [0.1, 0.15) is 39.0 Å². The summed E-state index contributed by atoms with van der Waals surface area (Å²) >= 11 is 0. The lowest BCUT2D eigenvalue weighted by molar-refractivity contribution is 0.655. The summed E-state index contributed by atoms with van der Waals surface area (Å²) in [6.45, 7) is 2.22. The number of nitriles is 1. The maximum atomic E-state index is 8.23. The lowest BCUT2D eigenvalue weighted by Gasteiger charge is -1.94. The number of unbranched alkanes of at least 4 members (excludes halogenated alkanes) is 4. The highest BCUT2D eigenvalue weighted by molar-refractivity contribution is 6.44. The Kier molecular flexibility index (Phi) is 8.45. The number of nitrogens with zero attached hydrogens (tertiary/aromatic N) is 1. The molecule has 2 radical (unpaired) electrons. The van der Waals surface area contributed by atoms with Gasteiger partial charge in [0.2, 0.25) is 0 Å². The largest absolute Gasteiger partial charge is 0.207 e. The minimum atomic E-state index is 0.532. The molecular weight excluding hydrogens is 138 g/mol. The van der Waals surface area contributed by atoms with Crippen molar-refractivity contribution in [1.29, 1.82) is 5.26 Å². The smallest absolute Gasteiger partial charge is 0.187 e. The minimum absolute atomic E-state index is 0.532. The van der Waals surface area contributed by atoms with Crippen LogP contribution in [0.15, 0.2) is 0 Å². The maximum absolute atomic E-state index is 8.23. The van der Waals surface area contributed by atoms with Crippen LogP contribution in [-0.4, -0.2) is 9.52 Å². The summed E-state index contributed by atoms with van der Waals surface area (Å²) in [5, 5.41) is 8.23. The second-order valence-corrected chi connectivity index (χ2v) is 3.53. The van der Waals surface area contributed by atoms with Gasteiger partial charge in [-0.2, -0.15) is 0 Å². The molecule has 0 aromatic rings. The van der Waals surface area contributed by atoms with E-state index in [-0.39, 0.29) is 0 Å². The number of hydrogen-bond donors (Lipinski definition) is 0. The molecule has 2 heteroatoms. The van der Waals surface area contributed by atoms with Gasteiger partial charge in [0.1, 0.15) is 0 Å². The molecule has 0 atom stereocenters. The molecule has 0 heterocycles. The molecule has 0 aliphatic rings. The van der Waals surface area contributed by atoms with E-state index in [0.29, 0.717) is 9.52 Å². The third-order valence-electron chi connectivity index (χ3n) is 1.48. The molecule has 0 aliphatic heterocycles. The molecule has 0 saturated carbocycles. The molecular formula is C8H15NSi. The first kappa shape index (κ1) is 9.71. The lowest BCUT2D eigenvalue weighted by atomic mass is 10.2. The van der Waals surface area contributed by atoms with Crippen LogP contribution in [-0.2, 0) is 0 Å². The van der Waals surface area contributed by atoms with Crippen LogP contribution in [0, 0.1) is 11.0 Å². The summed E-state index contributed by atoms with van der Waals surface area (Å²) in [4.78, 5) is 0. The van der Waals surface area contributed by atoms with E-state index >= 15 is 0 Å². The number of hydrogen-bond acceptors (Lipinski definition) is 1. The van der Waals surface area contributed by atoms with Crippen LogP contribution in [0.2, 0.25) is 6.04 Å². The molecule has 0 bridgehead atoms. The fourth-order valence-electron chi connectivity index (χ4n) is 0.873. The molecule has 0 spiro atoms. The highest BCUT2D eigenvalue weighted by atomic mass is 28.2. The predicted octanol–water partition coefficient (Wildman–Crippen LogP) is 2.56. The SMILES string of the molecule is CCCCCCC[Si]C#N. The van der Waals surface area contributed by atoms with Crippen molar-refractivity contribution in [2.24, 2.45) is 0 Å². The Morgan fingerprint density at radius 3 is 2.50 bits per heavy atom. The summed E-state index contributed by atoms with van der Waals surface area (Å²) in [7, 11) is 0.532. The van der Waals surface area contributed by atoms with Crippen molar-refractivity contribution < 1.29 is 0 Å². The Hall–Kier alpha value is -0.293. The zero-order valence-electron chi connectivity index (χ0n) is 6.69. The lowest BCUT2D eigenvalue weighted by Crippen LogP contribution is -1.84. The zero-order valence-corrected chi connectivity index (χ0v) is 7.69. The van der Waals surface area contributed by atoms with E-state index in [9.17, 15) is 0 Å². The Bertz CT molecular complexity index is 95.9. The van der Waals surface area contributed by atoms with Crippen molar-refractivity contribution in [3.8, 4) is 5.69 Å². The predicted molar refractivity (Wildman–Crippen MR) is 44.9 cm³/mol. The van der Waals surface area contributed by atoms with E-state index < -0.39 is 0 Å². The summed E-state index contributed by atoms with van der Waals surface area (Å²) in [6.07, 6.45) is 6.59. The first-order chi connectivity index (χ1) is 4.91. The molecule has 0 unspecified atom stereocenters. The van der Waals surface area contributed by atoms with Gasteiger partial charge < -0.3 is 0 Å². The van der Waals surface area contributed by atoms with E-state index in [1.165, 1.54) is 32.1 Å². The van der Waals surface area contributed by atoms with Crippen molar-refractivity contribution in [3.05, 3.63) is 0 Å². The van der Waals surface area contributed by atoms with Gasteiger partial charge in [-0.1, -0.05) is 39.0 Å². The van der Waals surface area contributed by atoms with Gasteiger partial charge in [-0.3, -0.25) is 0 Å². The summed E-state index contributed by atoms with van der Waals surface area (Å²) < 4.78 is 0. The molecule has 0 aromatic carbocycles. The van der Waals surface area contributed by atoms with E-state index in [0.717, 1.165) is 6.04 Å². The fourth-order valence-corrected chi connectivity index (χ4v) is 1.41. The quantitative estimate of drug-likeness (QED) is 0.425. The van der Waals surface area contributed by atoms with Crippen molar-refractivity contribution in [3.63, 3.8) is 0 Å². The molecule has 0 fully saturated rings. The monoisotopic (exact) mass is 153 g/mol. The normalized spacial score (nSPS) is 9.20. The Morgan fingerprint density at radius 1 is 1.20 bits per heavy atom. The van der Waals surface area contributed by atoms with Crippen molar-refractivity contribution in [1.82, 2.24) is 0 Å². The second-order valence-electron chi connectivity index (χ2n) is 2.45. The number of rotatable bonds is 6. The molecule has 0 amide bonds. The van der Waals surface area contributed by atoms with Gasteiger partial charge >= 0.3 is 0 Å². The molecule has 56 valence electrons. The molecule has 0 aromatic heterocycles. The van der Waals surface area contributed by atoms with Crippen molar-refractivity contribution >= 4 is 9.52 Å². The van der Waals surface area contributed by atoms with Crippen molar-refractivity contribution in [2.45, 2.75) is 45.1 Å². The Balaban J connectivity index is 2.72. The molecule has 0 saturated heterocycles. The first-order valence-corrected chi connectivity index (χ1v) is 5.24. The third-order valence-corrected chi connectivity index (χ3v) is 2.25. The van der Waals surface area contributed by atoms with Crippen LogP contribution >= 0.6 is 0 Å². The molecule has 10 heavy (non-hydrogen) atoms. The molecule has 0 rings (SSSR count). The van der Waals surface area contributed by atoms with E-state index in [4.69, 9.17) is 5.26 Å². The van der Waals surface area contributed by atoms with Gasteiger partial charge in [-0.25, -0.2) is 5.26 Å². The Morgan fingerprint density at radius 2 is 1.90 bits per heavy atom. The first-order valence-electron chi connectivity index (χ1n) is 4.03. The van der Waals surface area contributed by atoms with Gasteiger partial charge in [0, 0.05) is 5.69 Å². The van der Waals surface area contributed by atoms with Crippen LogP contribution in [0.25, 0.3) is 0 Å². The molecule has 0 N–H and O–H groups in total. The average Bonchev–Trinajstić information content (AvgIpc) is 1.97.